The van der Waals surface area contributed by atoms with E-state index in [1.165, 1.54) is 4.88 Å². The van der Waals surface area contributed by atoms with E-state index in [0.29, 0.717) is 0 Å². The first-order valence-electron chi connectivity index (χ1n) is 10.5. The van der Waals surface area contributed by atoms with Gasteiger partial charge in [-0.25, -0.2) is 0 Å². The van der Waals surface area contributed by atoms with Gasteiger partial charge in [0.1, 0.15) is 12.3 Å². The molecular formula is C22H20N2O5S3. The van der Waals surface area contributed by atoms with Gasteiger partial charge >= 0.3 is 5.97 Å². The maximum absolute atomic E-state index is 13.2. The Hall–Kier alpha value is -2.17. The van der Waals surface area contributed by atoms with Crippen molar-refractivity contribution in [1.82, 2.24) is 9.88 Å². The van der Waals surface area contributed by atoms with Gasteiger partial charge in [0.25, 0.3) is 0 Å². The van der Waals surface area contributed by atoms with Crippen molar-refractivity contribution in [2.75, 3.05) is 13.7 Å². The van der Waals surface area contributed by atoms with E-state index in [0.717, 1.165) is 31.6 Å². The minimum atomic E-state index is -1.16. The second kappa shape index (κ2) is 7.16. The number of imide groups is 1. The summed E-state index contributed by atoms with van der Waals surface area (Å²) in [6, 6.07) is 8.05. The van der Waals surface area contributed by atoms with Crippen LogP contribution in [-0.4, -0.2) is 51.7 Å². The number of benzene rings is 1. The monoisotopic (exact) mass is 488 g/mol. The average Bonchev–Trinajstić information content (AvgIpc) is 3.49. The Bertz CT molecular complexity index is 1200. The Morgan fingerprint density at radius 1 is 1.22 bits per heavy atom. The van der Waals surface area contributed by atoms with E-state index in [9.17, 15) is 19.5 Å². The fourth-order valence-corrected chi connectivity index (χ4v) is 9.89. The lowest BCUT2D eigenvalue weighted by Gasteiger charge is -2.43. The SMILES string of the molecule is COc1ccc([C@H]2c3sc(=S)[nH]c3S[C@@H]3[C@@H]4C[C@H]([C@H]5C(=O)N(CC(=O)O)C(=O)[C@H]45)[C@H]23)cc1. The Morgan fingerprint density at radius 2 is 1.91 bits per heavy atom. The first-order chi connectivity index (χ1) is 15.4. The molecule has 2 aliphatic carbocycles. The van der Waals surface area contributed by atoms with Crippen LogP contribution >= 0.6 is 35.3 Å². The summed E-state index contributed by atoms with van der Waals surface area (Å²) in [6.07, 6.45) is 0.832. The normalized spacial score (nSPS) is 34.4. The van der Waals surface area contributed by atoms with Crippen molar-refractivity contribution in [3.05, 3.63) is 38.7 Å². The number of nitrogens with one attached hydrogen (secondary N) is 1. The summed E-state index contributed by atoms with van der Waals surface area (Å²) in [5.41, 5.74) is 1.15. The molecule has 2 bridgehead atoms. The molecule has 7 atom stereocenters. The van der Waals surface area contributed by atoms with Crippen LogP contribution in [0.1, 0.15) is 22.8 Å². The lowest BCUT2D eigenvalue weighted by Crippen LogP contribution is -2.42. The molecular weight excluding hydrogens is 468 g/mol. The van der Waals surface area contributed by atoms with E-state index in [1.807, 2.05) is 12.1 Å². The standard InChI is InChI=1S/C22H20N2O5S3/c1-29-9-4-2-8(3-5-9)13-14-10-6-11(17(14)31-19-18(13)32-22(30)23-19)16-15(10)20(27)24(21(16)28)7-12(25)26/h2-5,10-11,13-17H,6-7H2,1H3,(H,23,30)(H,25,26)/t10-,11+,13+,14+,15+,16+,17+/m0/s1. The number of nitrogens with zero attached hydrogens (tertiary/aromatic N) is 1. The average molecular weight is 489 g/mol. The predicted molar refractivity (Wildman–Crippen MR) is 120 cm³/mol. The predicted octanol–water partition coefficient (Wildman–Crippen LogP) is 3.37. The number of aromatic nitrogens is 1. The second-order valence-electron chi connectivity index (χ2n) is 8.89. The number of carbonyl (C=O) groups is 3. The van der Waals surface area contributed by atoms with Gasteiger partial charge < -0.3 is 14.8 Å². The van der Waals surface area contributed by atoms with Crippen LogP contribution in [-0.2, 0) is 14.4 Å². The summed E-state index contributed by atoms with van der Waals surface area (Å²) >= 11 is 8.79. The summed E-state index contributed by atoms with van der Waals surface area (Å²) in [7, 11) is 1.64. The van der Waals surface area contributed by atoms with Gasteiger partial charge in [0, 0.05) is 16.0 Å². The third kappa shape index (κ3) is 2.72. The van der Waals surface area contributed by atoms with E-state index in [1.54, 1.807) is 30.2 Å². The zero-order valence-electron chi connectivity index (χ0n) is 17.0. The van der Waals surface area contributed by atoms with Crippen molar-refractivity contribution in [3.8, 4) is 5.75 Å². The van der Waals surface area contributed by atoms with Crippen LogP contribution in [0.4, 0.5) is 0 Å². The van der Waals surface area contributed by atoms with E-state index in [-0.39, 0.29) is 40.7 Å². The number of thiazole rings is 1. The number of fused-ring (bicyclic) bond motifs is 9. The highest BCUT2D eigenvalue weighted by Gasteiger charge is 2.69. The van der Waals surface area contributed by atoms with Crippen LogP contribution < -0.4 is 4.74 Å². The number of aliphatic carboxylic acids is 1. The van der Waals surface area contributed by atoms with Gasteiger partial charge in [-0.15, -0.1) is 23.1 Å². The number of amides is 2. The molecule has 7 nitrogen and oxygen atoms in total. The van der Waals surface area contributed by atoms with Crippen LogP contribution in [0.5, 0.6) is 5.75 Å². The van der Waals surface area contributed by atoms with Crippen molar-refractivity contribution in [2.24, 2.45) is 29.6 Å². The Morgan fingerprint density at radius 3 is 2.56 bits per heavy atom. The number of H-pyrrole nitrogens is 1. The van der Waals surface area contributed by atoms with Crippen LogP contribution in [0.3, 0.4) is 0 Å². The van der Waals surface area contributed by atoms with Gasteiger partial charge in [0.2, 0.25) is 11.8 Å². The summed E-state index contributed by atoms with van der Waals surface area (Å²) < 4.78 is 6.06. The molecule has 166 valence electrons. The zero-order valence-corrected chi connectivity index (χ0v) is 19.5. The largest absolute Gasteiger partial charge is 0.497 e. The van der Waals surface area contributed by atoms with Gasteiger partial charge in [-0.1, -0.05) is 12.1 Å². The highest BCUT2D eigenvalue weighted by atomic mass is 32.2. The van der Waals surface area contributed by atoms with E-state index < -0.39 is 24.3 Å². The molecule has 2 aromatic rings. The smallest absolute Gasteiger partial charge is 0.323 e. The molecule has 2 amide bonds. The first kappa shape index (κ1) is 20.4. The summed E-state index contributed by atoms with van der Waals surface area (Å²) in [4.78, 5) is 43.0. The molecule has 2 saturated carbocycles. The van der Waals surface area contributed by atoms with Gasteiger partial charge in [-0.05, 0) is 54.1 Å². The zero-order chi connectivity index (χ0) is 22.3. The van der Waals surface area contributed by atoms with E-state index in [2.05, 4.69) is 17.1 Å². The third-order valence-corrected chi connectivity index (χ3v) is 10.5. The van der Waals surface area contributed by atoms with Crippen molar-refractivity contribution in [3.63, 3.8) is 0 Å². The van der Waals surface area contributed by atoms with Gasteiger partial charge in [-0.3, -0.25) is 19.3 Å². The Labute approximate surface area is 197 Å². The molecule has 2 aliphatic heterocycles. The molecule has 3 heterocycles. The van der Waals surface area contributed by atoms with Crippen molar-refractivity contribution in [2.45, 2.75) is 22.6 Å². The third-order valence-electron chi connectivity index (χ3n) is 7.58. The molecule has 6 rings (SSSR count). The lowest BCUT2D eigenvalue weighted by atomic mass is 9.68. The van der Waals surface area contributed by atoms with Gasteiger partial charge in [0.05, 0.1) is 24.0 Å². The fraction of sp³-hybridized carbons (Fsp3) is 0.455. The van der Waals surface area contributed by atoms with Crippen LogP contribution in [0, 0.1) is 33.5 Å². The second-order valence-corrected chi connectivity index (χ2v) is 11.8. The maximum Gasteiger partial charge on any atom is 0.323 e. The molecule has 0 spiro atoms. The Balaban J connectivity index is 1.44. The molecule has 1 saturated heterocycles. The molecule has 32 heavy (non-hydrogen) atoms. The number of methoxy groups -OCH3 is 1. The van der Waals surface area contributed by atoms with Gasteiger partial charge in [-0.2, -0.15) is 0 Å². The summed E-state index contributed by atoms with van der Waals surface area (Å²) in [6.45, 7) is -0.547. The quantitative estimate of drug-likeness (QED) is 0.503. The topological polar surface area (TPSA) is 99.7 Å². The number of hydrogen-bond acceptors (Lipinski definition) is 7. The number of thioether (sulfide) groups is 1. The van der Waals surface area contributed by atoms with Crippen molar-refractivity contribution >= 4 is 53.1 Å². The maximum atomic E-state index is 13.2. The molecule has 3 fully saturated rings. The molecule has 4 aliphatic rings. The number of ether oxygens (including phenoxy) is 1. The highest BCUT2D eigenvalue weighted by Crippen LogP contribution is 2.68. The minimum absolute atomic E-state index is 0.0497. The van der Waals surface area contributed by atoms with E-state index >= 15 is 0 Å². The van der Waals surface area contributed by atoms with Gasteiger partial charge in [0.15, 0.2) is 3.95 Å². The van der Waals surface area contributed by atoms with Crippen LogP contribution in [0.25, 0.3) is 0 Å². The molecule has 0 radical (unpaired) electrons. The molecule has 10 heteroatoms. The van der Waals surface area contributed by atoms with Crippen LogP contribution in [0.2, 0.25) is 0 Å². The first-order valence-corrected chi connectivity index (χ1v) is 12.6. The number of aromatic amines is 1. The highest BCUT2D eigenvalue weighted by molar-refractivity contribution is 8.00. The molecule has 1 aromatic heterocycles. The minimum Gasteiger partial charge on any atom is -0.497 e. The lowest BCUT2D eigenvalue weighted by molar-refractivity contribution is -0.149. The number of carboxylic acids is 1. The number of rotatable bonds is 4. The number of hydrogen-bond donors (Lipinski definition) is 2. The van der Waals surface area contributed by atoms with Crippen molar-refractivity contribution in [1.29, 1.82) is 0 Å². The number of likely N-dealkylation sites (tertiary alicyclic amines) is 1. The molecule has 2 N–H and O–H groups in total. The molecule has 0 unspecified atom stereocenters. The number of carboxylic acid groups (broad SMARTS) is 1. The molecule has 1 aromatic carbocycles. The fourth-order valence-electron chi connectivity index (χ4n) is 6.55. The van der Waals surface area contributed by atoms with Crippen LogP contribution in [0.15, 0.2) is 29.3 Å². The summed E-state index contributed by atoms with van der Waals surface area (Å²) in [5, 5.41) is 10.4. The van der Waals surface area contributed by atoms with E-state index in [4.69, 9.17) is 17.0 Å². The summed E-state index contributed by atoms with van der Waals surface area (Å²) in [5.74, 6) is -1.42. The number of carbonyl (C=O) groups excluding carboxylic acids is 2. The van der Waals surface area contributed by atoms with Crippen molar-refractivity contribution < 1.29 is 24.2 Å². The Kier molecular flexibility index (Phi) is 4.58.